The van der Waals surface area contributed by atoms with Crippen molar-refractivity contribution in [1.82, 2.24) is 14.8 Å². The lowest BCUT2D eigenvalue weighted by Crippen LogP contribution is -2.48. The molecular weight excluding hydrogens is 344 g/mol. The van der Waals surface area contributed by atoms with Crippen LogP contribution in [0.4, 0.5) is 5.13 Å². The minimum atomic E-state index is 0.147. The van der Waals surface area contributed by atoms with Crippen molar-refractivity contribution in [1.29, 1.82) is 0 Å². The molecule has 0 saturated carbocycles. The maximum atomic E-state index is 12.8. The Morgan fingerprint density at radius 1 is 0.962 bits per heavy atom. The fraction of sp³-hybridized carbons (Fsp3) is 0.500. The van der Waals surface area contributed by atoms with Crippen LogP contribution >= 0.6 is 11.3 Å². The Hall–Kier alpha value is -1.92. The molecule has 1 aromatic carbocycles. The Morgan fingerprint density at radius 3 is 2.35 bits per heavy atom. The van der Waals surface area contributed by atoms with Crippen LogP contribution < -0.4 is 4.90 Å². The monoisotopic (exact) mass is 370 g/mol. The quantitative estimate of drug-likeness (QED) is 0.829. The molecule has 0 radical (unpaired) electrons. The van der Waals surface area contributed by atoms with Crippen molar-refractivity contribution >= 4 is 22.4 Å². The summed E-state index contributed by atoms with van der Waals surface area (Å²) in [5, 5.41) is 3.05. The number of amides is 1. The Balaban J connectivity index is 1.32. The zero-order valence-corrected chi connectivity index (χ0v) is 16.0. The van der Waals surface area contributed by atoms with Crippen LogP contribution in [0.25, 0.3) is 0 Å². The van der Waals surface area contributed by atoms with E-state index in [9.17, 15) is 4.79 Å². The third-order valence-corrected chi connectivity index (χ3v) is 6.14. The first-order valence-corrected chi connectivity index (χ1v) is 10.4. The number of piperidine rings is 1. The van der Waals surface area contributed by atoms with Crippen LogP contribution in [0.2, 0.25) is 0 Å². The molecule has 26 heavy (non-hydrogen) atoms. The van der Waals surface area contributed by atoms with Gasteiger partial charge in [0.05, 0.1) is 0 Å². The summed E-state index contributed by atoms with van der Waals surface area (Å²) in [6.45, 7) is 6.62. The van der Waals surface area contributed by atoms with Gasteiger partial charge < -0.3 is 9.80 Å². The summed E-state index contributed by atoms with van der Waals surface area (Å²) in [6, 6.07) is 8.23. The molecule has 0 N–H and O–H groups in total. The van der Waals surface area contributed by atoms with Crippen molar-refractivity contribution in [2.45, 2.75) is 25.8 Å². The molecule has 0 bridgehead atoms. The predicted molar refractivity (Wildman–Crippen MR) is 106 cm³/mol. The summed E-state index contributed by atoms with van der Waals surface area (Å²) in [6.07, 6.45) is 5.82. The number of likely N-dealkylation sites (tertiary alicyclic amines) is 1. The Kier molecular flexibility index (Phi) is 5.51. The van der Waals surface area contributed by atoms with Crippen LogP contribution in [0.1, 0.15) is 35.2 Å². The Bertz CT molecular complexity index is 702. The van der Waals surface area contributed by atoms with Crippen molar-refractivity contribution < 1.29 is 4.79 Å². The van der Waals surface area contributed by atoms with Crippen LogP contribution in [0, 0.1) is 0 Å². The van der Waals surface area contributed by atoms with Gasteiger partial charge in [0.2, 0.25) is 0 Å². The summed E-state index contributed by atoms with van der Waals surface area (Å²) >= 11 is 1.66. The molecule has 2 aliphatic rings. The van der Waals surface area contributed by atoms with E-state index in [0.717, 1.165) is 43.4 Å². The number of aromatic nitrogens is 1. The van der Waals surface area contributed by atoms with Crippen LogP contribution in [-0.4, -0.2) is 60.0 Å². The third kappa shape index (κ3) is 4.07. The molecule has 2 saturated heterocycles. The molecule has 0 aliphatic carbocycles. The summed E-state index contributed by atoms with van der Waals surface area (Å²) in [5.74, 6) is 0.147. The second-order valence-electron chi connectivity index (χ2n) is 7.13. The smallest absolute Gasteiger partial charge is 0.253 e. The van der Waals surface area contributed by atoms with E-state index in [1.165, 1.54) is 37.9 Å². The number of nitrogens with zero attached hydrogens (tertiary/aromatic N) is 4. The maximum Gasteiger partial charge on any atom is 0.253 e. The van der Waals surface area contributed by atoms with Gasteiger partial charge in [0.1, 0.15) is 0 Å². The SMILES string of the molecule is O=C(c1ccc(CN2CCCCC2)cc1)N1CCN(c2nccs2)CC1. The number of rotatable bonds is 4. The number of carbonyl (C=O) groups is 1. The average molecular weight is 371 g/mol. The molecule has 0 spiro atoms. The number of carbonyl (C=O) groups excluding carboxylic acids is 1. The number of hydrogen-bond donors (Lipinski definition) is 0. The molecule has 3 heterocycles. The fourth-order valence-electron chi connectivity index (χ4n) is 3.78. The lowest BCUT2D eigenvalue weighted by atomic mass is 10.1. The van der Waals surface area contributed by atoms with Crippen molar-refractivity contribution in [2.75, 3.05) is 44.2 Å². The van der Waals surface area contributed by atoms with Gasteiger partial charge >= 0.3 is 0 Å². The highest BCUT2D eigenvalue weighted by molar-refractivity contribution is 7.13. The molecule has 1 amide bonds. The van der Waals surface area contributed by atoms with Gasteiger partial charge in [-0.2, -0.15) is 0 Å². The van der Waals surface area contributed by atoms with Gasteiger partial charge in [-0.1, -0.05) is 18.6 Å². The zero-order valence-electron chi connectivity index (χ0n) is 15.1. The van der Waals surface area contributed by atoms with E-state index < -0.39 is 0 Å². The molecule has 0 unspecified atom stereocenters. The van der Waals surface area contributed by atoms with Crippen LogP contribution in [0.3, 0.4) is 0 Å². The van der Waals surface area contributed by atoms with E-state index in [2.05, 4.69) is 26.9 Å². The summed E-state index contributed by atoms with van der Waals surface area (Å²) in [7, 11) is 0. The largest absolute Gasteiger partial charge is 0.345 e. The fourth-order valence-corrected chi connectivity index (χ4v) is 4.48. The summed E-state index contributed by atoms with van der Waals surface area (Å²) in [5.41, 5.74) is 2.10. The Morgan fingerprint density at radius 2 is 1.69 bits per heavy atom. The normalized spacial score (nSPS) is 18.9. The first kappa shape index (κ1) is 17.5. The Labute approximate surface area is 159 Å². The van der Waals surface area contributed by atoms with Crippen LogP contribution in [0.5, 0.6) is 0 Å². The van der Waals surface area contributed by atoms with Crippen molar-refractivity contribution in [2.24, 2.45) is 0 Å². The first-order valence-electron chi connectivity index (χ1n) is 9.54. The third-order valence-electron chi connectivity index (χ3n) is 5.31. The van der Waals surface area contributed by atoms with Crippen molar-refractivity contribution in [3.63, 3.8) is 0 Å². The van der Waals surface area contributed by atoms with E-state index in [1.54, 1.807) is 11.3 Å². The van der Waals surface area contributed by atoms with E-state index >= 15 is 0 Å². The highest BCUT2D eigenvalue weighted by Crippen LogP contribution is 2.20. The second kappa shape index (κ2) is 8.18. The summed E-state index contributed by atoms with van der Waals surface area (Å²) in [4.78, 5) is 23.9. The van der Waals surface area contributed by atoms with E-state index in [4.69, 9.17) is 0 Å². The maximum absolute atomic E-state index is 12.8. The number of anilines is 1. The van der Waals surface area contributed by atoms with E-state index in [-0.39, 0.29) is 5.91 Å². The van der Waals surface area contributed by atoms with Gasteiger partial charge in [0.15, 0.2) is 5.13 Å². The average Bonchev–Trinajstić information content (AvgIpc) is 3.24. The number of benzene rings is 1. The molecule has 0 atom stereocenters. The van der Waals surface area contributed by atoms with Gasteiger partial charge in [-0.15, -0.1) is 11.3 Å². The van der Waals surface area contributed by atoms with Crippen LogP contribution in [-0.2, 0) is 6.54 Å². The zero-order chi connectivity index (χ0) is 17.8. The lowest BCUT2D eigenvalue weighted by molar-refractivity contribution is 0.0746. The molecule has 6 heteroatoms. The molecule has 5 nitrogen and oxygen atoms in total. The molecule has 2 fully saturated rings. The topological polar surface area (TPSA) is 39.7 Å². The first-order chi connectivity index (χ1) is 12.8. The summed E-state index contributed by atoms with van der Waals surface area (Å²) < 4.78 is 0. The lowest BCUT2D eigenvalue weighted by Gasteiger charge is -2.34. The molecule has 1 aromatic heterocycles. The van der Waals surface area contributed by atoms with Crippen molar-refractivity contribution in [3.05, 3.63) is 47.0 Å². The molecule has 2 aromatic rings. The van der Waals surface area contributed by atoms with Crippen molar-refractivity contribution in [3.8, 4) is 0 Å². The van der Waals surface area contributed by atoms with Gasteiger partial charge in [-0.25, -0.2) is 4.98 Å². The molecular formula is C20H26N4OS. The minimum absolute atomic E-state index is 0.147. The predicted octanol–water partition coefficient (Wildman–Crippen LogP) is 3.09. The molecule has 2 aliphatic heterocycles. The van der Waals surface area contributed by atoms with E-state index in [1.807, 2.05) is 28.6 Å². The van der Waals surface area contributed by atoms with E-state index in [0.29, 0.717) is 0 Å². The highest BCUT2D eigenvalue weighted by Gasteiger charge is 2.23. The number of hydrogen-bond acceptors (Lipinski definition) is 5. The van der Waals surface area contributed by atoms with Gasteiger partial charge in [-0.3, -0.25) is 9.69 Å². The highest BCUT2D eigenvalue weighted by atomic mass is 32.1. The molecule has 138 valence electrons. The van der Waals surface area contributed by atoms with Gasteiger partial charge in [-0.05, 0) is 43.6 Å². The molecule has 4 rings (SSSR count). The van der Waals surface area contributed by atoms with Crippen LogP contribution in [0.15, 0.2) is 35.8 Å². The van der Waals surface area contributed by atoms with Gasteiger partial charge in [0, 0.05) is 49.9 Å². The number of piperazine rings is 1. The number of thiazole rings is 1. The minimum Gasteiger partial charge on any atom is -0.345 e. The van der Waals surface area contributed by atoms with Gasteiger partial charge in [0.25, 0.3) is 5.91 Å². The standard InChI is InChI=1S/C20H26N4OS/c25-19(23-11-13-24(14-12-23)20-21-8-15-26-20)18-6-4-17(5-7-18)16-22-9-2-1-3-10-22/h4-8,15H,1-3,9-14,16H2. The second-order valence-corrected chi connectivity index (χ2v) is 8.00.